The zero-order valence-corrected chi connectivity index (χ0v) is 7.58. The Balaban J connectivity index is 4.01. The largest absolute Gasteiger partial charge is 0.316 e. The van der Waals surface area contributed by atoms with Gasteiger partial charge in [-0.05, 0) is 12.3 Å². The molecule has 0 rings (SSSR count). The van der Waals surface area contributed by atoms with E-state index < -0.39 is 9.84 Å². The van der Waals surface area contributed by atoms with Gasteiger partial charge in [-0.2, -0.15) is 0 Å². The topological polar surface area (TPSA) is 60.2 Å². The SMILES string of the molecule is CSC(N)C=CS(C)(=O)=O. The second-order valence-corrected chi connectivity index (χ2v) is 4.81. The Bertz CT molecular complexity index is 208. The smallest absolute Gasteiger partial charge is 0.168 e. The molecule has 0 saturated heterocycles. The van der Waals surface area contributed by atoms with Crippen molar-refractivity contribution in [2.24, 2.45) is 5.73 Å². The van der Waals surface area contributed by atoms with Gasteiger partial charge in [0.05, 0.1) is 5.37 Å². The standard InChI is InChI=1S/C5H11NO2S2/c1-9-5(6)3-4-10(2,7)8/h3-5H,6H2,1-2H3. The summed E-state index contributed by atoms with van der Waals surface area (Å²) >= 11 is 1.39. The van der Waals surface area contributed by atoms with Crippen LogP contribution < -0.4 is 5.73 Å². The lowest BCUT2D eigenvalue weighted by atomic mass is 10.6. The third kappa shape index (κ3) is 6.12. The number of thioether (sulfide) groups is 1. The average Bonchev–Trinajstić information content (AvgIpc) is 1.81. The fourth-order valence-electron chi connectivity index (χ4n) is 0.299. The quantitative estimate of drug-likeness (QED) is 0.631. The molecule has 0 aromatic carbocycles. The Morgan fingerprint density at radius 1 is 1.60 bits per heavy atom. The molecule has 0 bridgehead atoms. The second kappa shape index (κ2) is 4.00. The molecule has 5 heteroatoms. The Labute approximate surface area is 65.6 Å². The molecule has 0 fully saturated rings. The van der Waals surface area contributed by atoms with Gasteiger partial charge >= 0.3 is 0 Å². The summed E-state index contributed by atoms with van der Waals surface area (Å²) in [7, 11) is -3.00. The Hall–Kier alpha value is -0.0000000000000000555. The molecule has 2 N–H and O–H groups in total. The summed E-state index contributed by atoms with van der Waals surface area (Å²) in [5.41, 5.74) is 5.39. The van der Waals surface area contributed by atoms with E-state index in [0.717, 1.165) is 11.7 Å². The number of hydrogen-bond acceptors (Lipinski definition) is 4. The first kappa shape index (κ1) is 10.0. The molecule has 60 valence electrons. The highest BCUT2D eigenvalue weighted by molar-refractivity contribution is 7.99. The summed E-state index contributed by atoms with van der Waals surface area (Å²) in [5, 5.41) is 0.892. The summed E-state index contributed by atoms with van der Waals surface area (Å²) in [4.78, 5) is 0. The minimum Gasteiger partial charge on any atom is -0.316 e. The van der Waals surface area contributed by atoms with Gasteiger partial charge in [-0.3, -0.25) is 0 Å². The van der Waals surface area contributed by atoms with E-state index in [-0.39, 0.29) is 5.37 Å². The van der Waals surface area contributed by atoms with Crippen molar-refractivity contribution in [2.45, 2.75) is 5.37 Å². The van der Waals surface area contributed by atoms with Crippen LogP contribution in [0.4, 0.5) is 0 Å². The van der Waals surface area contributed by atoms with E-state index in [1.807, 2.05) is 6.26 Å². The molecule has 0 heterocycles. The molecule has 0 aromatic heterocycles. The maximum atomic E-state index is 10.5. The van der Waals surface area contributed by atoms with E-state index in [1.165, 1.54) is 17.8 Å². The third-order valence-corrected chi connectivity index (χ3v) is 2.14. The Morgan fingerprint density at radius 3 is 2.40 bits per heavy atom. The van der Waals surface area contributed by atoms with Crippen LogP contribution in [0.25, 0.3) is 0 Å². The number of rotatable bonds is 3. The normalized spacial score (nSPS) is 15.9. The van der Waals surface area contributed by atoms with Gasteiger partial charge < -0.3 is 5.73 Å². The van der Waals surface area contributed by atoms with E-state index in [0.29, 0.717) is 0 Å². The van der Waals surface area contributed by atoms with Gasteiger partial charge in [-0.1, -0.05) is 0 Å². The lowest BCUT2D eigenvalue weighted by Crippen LogP contribution is -2.11. The van der Waals surface area contributed by atoms with Gasteiger partial charge in [-0.25, -0.2) is 8.42 Å². The summed E-state index contributed by atoms with van der Waals surface area (Å²) in [6.07, 6.45) is 4.41. The minimum atomic E-state index is -3.00. The fourth-order valence-corrected chi connectivity index (χ4v) is 1.09. The van der Waals surface area contributed by atoms with Gasteiger partial charge in [0.1, 0.15) is 0 Å². The van der Waals surface area contributed by atoms with Crippen LogP contribution in [0, 0.1) is 0 Å². The van der Waals surface area contributed by atoms with Gasteiger partial charge in [-0.15, -0.1) is 11.8 Å². The van der Waals surface area contributed by atoms with Crippen molar-refractivity contribution in [3.05, 3.63) is 11.5 Å². The summed E-state index contributed by atoms with van der Waals surface area (Å²) in [6, 6.07) is 0. The summed E-state index contributed by atoms with van der Waals surface area (Å²) in [6.45, 7) is 0. The molecular formula is C5H11NO2S2. The summed E-state index contributed by atoms with van der Waals surface area (Å²) < 4.78 is 21.0. The first-order valence-corrected chi connectivity index (χ1v) is 5.86. The predicted octanol–water partition coefficient (Wildman–Crippen LogP) is 0.193. The maximum Gasteiger partial charge on any atom is 0.168 e. The van der Waals surface area contributed by atoms with Crippen LogP contribution in [-0.4, -0.2) is 26.3 Å². The van der Waals surface area contributed by atoms with Crippen molar-refractivity contribution in [2.75, 3.05) is 12.5 Å². The Kier molecular flexibility index (Phi) is 4.00. The molecular weight excluding hydrogens is 170 g/mol. The van der Waals surface area contributed by atoms with Crippen LogP contribution in [0.3, 0.4) is 0 Å². The van der Waals surface area contributed by atoms with Crippen LogP contribution in [0.15, 0.2) is 11.5 Å². The van der Waals surface area contributed by atoms with E-state index >= 15 is 0 Å². The molecule has 0 aliphatic heterocycles. The van der Waals surface area contributed by atoms with Crippen molar-refractivity contribution in [1.82, 2.24) is 0 Å². The molecule has 1 unspecified atom stereocenters. The first-order chi connectivity index (χ1) is 4.45. The Morgan fingerprint density at radius 2 is 2.10 bits per heavy atom. The number of sulfone groups is 1. The lowest BCUT2D eigenvalue weighted by molar-refractivity contribution is 0.610. The number of hydrogen-bond donors (Lipinski definition) is 1. The molecule has 0 aliphatic carbocycles. The van der Waals surface area contributed by atoms with Crippen LogP contribution in [0.1, 0.15) is 0 Å². The van der Waals surface area contributed by atoms with Gasteiger partial charge in [0.15, 0.2) is 9.84 Å². The first-order valence-electron chi connectivity index (χ1n) is 2.62. The predicted molar refractivity (Wildman–Crippen MR) is 45.5 cm³/mol. The molecule has 1 atom stereocenters. The highest BCUT2D eigenvalue weighted by Gasteiger charge is 1.95. The van der Waals surface area contributed by atoms with Crippen molar-refractivity contribution in [3.8, 4) is 0 Å². The molecule has 0 amide bonds. The van der Waals surface area contributed by atoms with Crippen LogP contribution in [-0.2, 0) is 9.84 Å². The van der Waals surface area contributed by atoms with Crippen molar-refractivity contribution >= 4 is 21.6 Å². The van der Waals surface area contributed by atoms with Gasteiger partial charge in [0.2, 0.25) is 0 Å². The van der Waals surface area contributed by atoms with Crippen molar-refractivity contribution in [3.63, 3.8) is 0 Å². The monoisotopic (exact) mass is 181 g/mol. The number of nitrogens with two attached hydrogens (primary N) is 1. The van der Waals surface area contributed by atoms with Gasteiger partial charge in [0, 0.05) is 11.7 Å². The third-order valence-electron chi connectivity index (χ3n) is 0.788. The molecule has 0 aliphatic rings. The molecule has 0 radical (unpaired) electrons. The molecule has 3 nitrogen and oxygen atoms in total. The fraction of sp³-hybridized carbons (Fsp3) is 0.600. The van der Waals surface area contributed by atoms with Crippen molar-refractivity contribution < 1.29 is 8.42 Å². The van der Waals surface area contributed by atoms with Crippen LogP contribution in [0.2, 0.25) is 0 Å². The zero-order valence-electron chi connectivity index (χ0n) is 5.94. The highest BCUT2D eigenvalue weighted by Crippen LogP contribution is 2.00. The molecule has 0 aromatic rings. The molecule has 10 heavy (non-hydrogen) atoms. The van der Waals surface area contributed by atoms with Gasteiger partial charge in [0.25, 0.3) is 0 Å². The second-order valence-electron chi connectivity index (χ2n) is 1.86. The minimum absolute atomic E-state index is 0.227. The summed E-state index contributed by atoms with van der Waals surface area (Å²) in [5.74, 6) is 0. The molecule has 0 spiro atoms. The van der Waals surface area contributed by atoms with Crippen molar-refractivity contribution in [1.29, 1.82) is 0 Å². The average molecular weight is 181 g/mol. The van der Waals surface area contributed by atoms with E-state index in [9.17, 15) is 8.42 Å². The lowest BCUT2D eigenvalue weighted by Gasteiger charge is -1.97. The van der Waals surface area contributed by atoms with E-state index in [1.54, 1.807) is 0 Å². The van der Waals surface area contributed by atoms with Crippen LogP contribution >= 0.6 is 11.8 Å². The van der Waals surface area contributed by atoms with Crippen LogP contribution in [0.5, 0.6) is 0 Å². The van der Waals surface area contributed by atoms with E-state index in [2.05, 4.69) is 0 Å². The zero-order chi connectivity index (χ0) is 8.20. The maximum absolute atomic E-state index is 10.5. The highest BCUT2D eigenvalue weighted by atomic mass is 32.2. The van der Waals surface area contributed by atoms with E-state index in [4.69, 9.17) is 5.73 Å². The molecule has 0 saturated carbocycles.